The molecule has 3 amide bonds. The molecule has 1 aromatic heterocycles. The van der Waals surface area contributed by atoms with Gasteiger partial charge in [-0.25, -0.2) is 9.78 Å². The highest BCUT2D eigenvalue weighted by Crippen LogP contribution is 2.27. The van der Waals surface area contributed by atoms with Crippen molar-refractivity contribution < 1.29 is 9.59 Å². The fraction of sp³-hybridized carbons (Fsp3) is 0. The average molecular weight is 417 g/mol. The lowest BCUT2D eigenvalue weighted by Gasteiger charge is -2.05. The van der Waals surface area contributed by atoms with Crippen molar-refractivity contribution in [3.63, 3.8) is 0 Å². The van der Waals surface area contributed by atoms with Gasteiger partial charge in [0.1, 0.15) is 0 Å². The highest BCUT2D eigenvalue weighted by molar-refractivity contribution is 9.10. The van der Waals surface area contributed by atoms with E-state index >= 15 is 0 Å². The van der Waals surface area contributed by atoms with Gasteiger partial charge >= 0.3 is 6.03 Å². The number of anilines is 2. The second-order valence-electron chi connectivity index (χ2n) is 5.07. The molecule has 0 bridgehead atoms. The number of aromatic nitrogens is 1. The highest BCUT2D eigenvalue weighted by Gasteiger charge is 2.11. The first-order chi connectivity index (χ1) is 12.0. The molecule has 0 fully saturated rings. The molecular weight excluding hydrogens is 404 g/mol. The van der Waals surface area contributed by atoms with Crippen molar-refractivity contribution in [2.45, 2.75) is 0 Å². The molecule has 6 nitrogen and oxygen atoms in total. The first-order valence-corrected chi connectivity index (χ1v) is 8.88. The zero-order valence-corrected chi connectivity index (χ0v) is 15.2. The van der Waals surface area contributed by atoms with Gasteiger partial charge in [-0.05, 0) is 30.3 Å². The normalized spacial score (nSPS) is 10.3. The van der Waals surface area contributed by atoms with E-state index < -0.39 is 6.03 Å². The smallest absolute Gasteiger partial charge is 0.316 e. The van der Waals surface area contributed by atoms with Crippen LogP contribution in [0.15, 0.2) is 58.4 Å². The predicted molar refractivity (Wildman–Crippen MR) is 103 cm³/mol. The van der Waals surface area contributed by atoms with E-state index in [-0.39, 0.29) is 5.91 Å². The number of nitrogens with one attached hydrogen (secondary N) is 2. The summed E-state index contributed by atoms with van der Waals surface area (Å²) in [5, 5.41) is 7.56. The maximum atomic E-state index is 12.4. The second-order valence-corrected chi connectivity index (χ2v) is 6.85. The van der Waals surface area contributed by atoms with Gasteiger partial charge in [0, 0.05) is 26.7 Å². The van der Waals surface area contributed by atoms with Crippen LogP contribution in [0.5, 0.6) is 0 Å². The molecule has 0 saturated heterocycles. The number of amides is 3. The summed E-state index contributed by atoms with van der Waals surface area (Å²) in [6, 6.07) is 13.6. The van der Waals surface area contributed by atoms with Crippen molar-refractivity contribution in [1.29, 1.82) is 0 Å². The predicted octanol–water partition coefficient (Wildman–Crippen LogP) is 4.32. The minimum Gasteiger partial charge on any atom is -0.351 e. The number of halogens is 1. The van der Waals surface area contributed by atoms with Crippen molar-refractivity contribution >= 4 is 50.0 Å². The molecule has 0 radical (unpaired) electrons. The number of nitrogens with two attached hydrogens (primary N) is 1. The van der Waals surface area contributed by atoms with E-state index in [1.165, 1.54) is 11.3 Å². The van der Waals surface area contributed by atoms with Crippen LogP contribution in [0, 0.1) is 0 Å². The molecule has 1 heterocycles. The largest absolute Gasteiger partial charge is 0.351 e. The molecule has 4 N–H and O–H groups in total. The van der Waals surface area contributed by atoms with Crippen LogP contribution in [0.3, 0.4) is 0 Å². The molecule has 2 aromatic carbocycles. The Morgan fingerprint density at radius 2 is 1.88 bits per heavy atom. The number of carbonyl (C=O) groups is 2. The number of thiazole rings is 1. The van der Waals surface area contributed by atoms with Gasteiger partial charge in [0.2, 0.25) is 0 Å². The number of nitrogens with zero attached hydrogens (tertiary/aromatic N) is 1. The molecule has 0 aliphatic carbocycles. The minimum absolute atomic E-state index is 0.316. The van der Waals surface area contributed by atoms with Gasteiger partial charge in [-0.2, -0.15) is 0 Å². The molecule has 0 aliphatic heterocycles. The lowest BCUT2D eigenvalue weighted by atomic mass is 10.2. The van der Waals surface area contributed by atoms with Crippen LogP contribution in [0.4, 0.5) is 15.6 Å². The van der Waals surface area contributed by atoms with Crippen LogP contribution < -0.4 is 16.4 Å². The summed E-state index contributed by atoms with van der Waals surface area (Å²) in [5.41, 5.74) is 7.67. The Bertz CT molecular complexity index is 942. The summed E-state index contributed by atoms with van der Waals surface area (Å²) in [6.45, 7) is 0. The van der Waals surface area contributed by atoms with Crippen molar-refractivity contribution in [3.05, 3.63) is 63.9 Å². The molecule has 3 rings (SSSR count). The van der Waals surface area contributed by atoms with Gasteiger partial charge in [0.15, 0.2) is 5.13 Å². The Morgan fingerprint density at radius 1 is 1.08 bits per heavy atom. The van der Waals surface area contributed by atoms with Crippen molar-refractivity contribution in [3.8, 4) is 11.3 Å². The van der Waals surface area contributed by atoms with Gasteiger partial charge in [0.25, 0.3) is 5.91 Å². The SMILES string of the molecule is NC(=O)Nc1cccc(C(=O)Nc2nc(-c3cccc(Br)c3)cs2)c1. The third-order valence-electron chi connectivity index (χ3n) is 3.24. The molecule has 0 unspecified atom stereocenters. The Kier molecular flexibility index (Phi) is 5.11. The Hall–Kier alpha value is -2.71. The Balaban J connectivity index is 1.75. The number of urea groups is 1. The van der Waals surface area contributed by atoms with Crippen molar-refractivity contribution in [2.75, 3.05) is 10.6 Å². The first-order valence-electron chi connectivity index (χ1n) is 7.20. The maximum Gasteiger partial charge on any atom is 0.316 e. The molecule has 0 aliphatic rings. The molecule has 0 atom stereocenters. The Labute approximate surface area is 156 Å². The molecule has 25 heavy (non-hydrogen) atoms. The quantitative estimate of drug-likeness (QED) is 0.590. The van der Waals surface area contributed by atoms with Gasteiger partial charge in [-0.15, -0.1) is 11.3 Å². The second kappa shape index (κ2) is 7.45. The highest BCUT2D eigenvalue weighted by atomic mass is 79.9. The number of carbonyl (C=O) groups excluding carboxylic acids is 2. The summed E-state index contributed by atoms with van der Waals surface area (Å²) < 4.78 is 0.961. The van der Waals surface area contributed by atoms with Crippen LogP contribution in [-0.4, -0.2) is 16.9 Å². The fourth-order valence-corrected chi connectivity index (χ4v) is 3.28. The minimum atomic E-state index is -0.684. The van der Waals surface area contributed by atoms with E-state index in [1.807, 2.05) is 29.6 Å². The summed E-state index contributed by atoms with van der Waals surface area (Å²) in [5.74, 6) is -0.316. The number of primary amides is 1. The standard InChI is InChI=1S/C17H13BrN4O2S/c18-12-5-1-3-10(7-12)14-9-25-17(21-14)22-15(23)11-4-2-6-13(8-11)20-16(19)24/h1-9H,(H3,19,20,24)(H,21,22,23). The lowest BCUT2D eigenvalue weighted by Crippen LogP contribution is -2.19. The van der Waals surface area contributed by atoms with E-state index in [1.54, 1.807) is 24.3 Å². The van der Waals surface area contributed by atoms with Gasteiger partial charge < -0.3 is 11.1 Å². The zero-order valence-electron chi connectivity index (χ0n) is 12.8. The monoisotopic (exact) mass is 416 g/mol. The van der Waals surface area contributed by atoms with E-state index in [9.17, 15) is 9.59 Å². The summed E-state index contributed by atoms with van der Waals surface area (Å²) >= 11 is 4.77. The third kappa shape index (κ3) is 4.43. The molecule has 3 aromatic rings. The Morgan fingerprint density at radius 3 is 2.64 bits per heavy atom. The van der Waals surface area contributed by atoms with Crippen molar-refractivity contribution in [2.24, 2.45) is 5.73 Å². The van der Waals surface area contributed by atoms with E-state index in [0.717, 1.165) is 15.7 Å². The molecule has 0 spiro atoms. The van der Waals surface area contributed by atoms with E-state index in [2.05, 4.69) is 31.5 Å². The number of hydrogen-bond acceptors (Lipinski definition) is 4. The lowest BCUT2D eigenvalue weighted by molar-refractivity contribution is 0.102. The number of hydrogen-bond donors (Lipinski definition) is 3. The van der Waals surface area contributed by atoms with Crippen LogP contribution in [-0.2, 0) is 0 Å². The fourth-order valence-electron chi connectivity index (χ4n) is 2.16. The van der Waals surface area contributed by atoms with Gasteiger partial charge in [0.05, 0.1) is 5.69 Å². The van der Waals surface area contributed by atoms with Crippen LogP contribution in [0.25, 0.3) is 11.3 Å². The zero-order chi connectivity index (χ0) is 17.8. The first kappa shape index (κ1) is 17.1. The number of benzene rings is 2. The third-order valence-corrected chi connectivity index (χ3v) is 4.49. The van der Waals surface area contributed by atoms with Crippen LogP contribution >= 0.6 is 27.3 Å². The van der Waals surface area contributed by atoms with Gasteiger partial charge in [-0.1, -0.05) is 34.1 Å². The summed E-state index contributed by atoms with van der Waals surface area (Å²) in [7, 11) is 0. The molecular formula is C17H13BrN4O2S. The average Bonchev–Trinajstić information content (AvgIpc) is 3.03. The van der Waals surface area contributed by atoms with Crippen molar-refractivity contribution in [1.82, 2.24) is 4.98 Å². The van der Waals surface area contributed by atoms with Gasteiger partial charge in [-0.3, -0.25) is 10.1 Å². The van der Waals surface area contributed by atoms with E-state index in [4.69, 9.17) is 5.73 Å². The van der Waals surface area contributed by atoms with E-state index in [0.29, 0.717) is 16.4 Å². The topological polar surface area (TPSA) is 97.1 Å². The summed E-state index contributed by atoms with van der Waals surface area (Å²) in [6.07, 6.45) is 0. The summed E-state index contributed by atoms with van der Waals surface area (Å²) in [4.78, 5) is 27.7. The van der Waals surface area contributed by atoms with Crippen LogP contribution in [0.1, 0.15) is 10.4 Å². The molecule has 126 valence electrons. The molecule has 8 heteroatoms. The molecule has 0 saturated carbocycles. The number of rotatable bonds is 4. The van der Waals surface area contributed by atoms with Crippen LogP contribution in [0.2, 0.25) is 0 Å². The maximum absolute atomic E-state index is 12.4.